The largest absolute Gasteiger partial charge is 0.375 e. The zero-order valence-corrected chi connectivity index (χ0v) is 17.6. The Labute approximate surface area is 176 Å². The van der Waals surface area contributed by atoms with Crippen molar-refractivity contribution < 1.29 is 14.3 Å². The first-order valence-corrected chi connectivity index (χ1v) is 9.74. The molecular weight excluding hydrogens is 380 g/mol. The fourth-order valence-corrected chi connectivity index (χ4v) is 3.14. The molecule has 2 N–H and O–H groups in total. The average molecular weight is 406 g/mol. The van der Waals surface area contributed by atoms with Gasteiger partial charge in [-0.1, -0.05) is 31.5 Å². The Morgan fingerprint density at radius 1 is 1.00 bits per heavy atom. The highest BCUT2D eigenvalue weighted by Crippen LogP contribution is 2.24. The minimum Gasteiger partial charge on any atom is -0.375 e. The molecule has 0 aliphatic rings. The zero-order valence-electron chi connectivity index (χ0n) is 17.6. The van der Waals surface area contributed by atoms with E-state index in [0.29, 0.717) is 16.9 Å². The number of carbonyl (C=O) groups excluding carboxylic acids is 2. The van der Waals surface area contributed by atoms with E-state index in [-0.39, 0.29) is 24.3 Å². The van der Waals surface area contributed by atoms with Crippen molar-refractivity contribution in [3.8, 4) is 5.69 Å². The Hall–Kier alpha value is -3.45. The van der Waals surface area contributed by atoms with E-state index in [0.717, 1.165) is 16.9 Å². The third-order valence-electron chi connectivity index (χ3n) is 4.58. The van der Waals surface area contributed by atoms with Gasteiger partial charge in [0, 0.05) is 18.5 Å². The van der Waals surface area contributed by atoms with Crippen LogP contribution in [0, 0.1) is 6.92 Å². The molecule has 0 radical (unpaired) electrons. The van der Waals surface area contributed by atoms with Crippen molar-refractivity contribution in [1.29, 1.82) is 0 Å². The third kappa shape index (κ3) is 4.93. The molecule has 7 nitrogen and oxygen atoms in total. The summed E-state index contributed by atoms with van der Waals surface area (Å²) in [4.78, 5) is 24.5. The number of ether oxygens (including phenoxy) is 1. The molecule has 0 fully saturated rings. The van der Waals surface area contributed by atoms with Crippen LogP contribution in [-0.4, -0.2) is 35.3 Å². The summed E-state index contributed by atoms with van der Waals surface area (Å²) in [5.41, 5.74) is 4.71. The summed E-state index contributed by atoms with van der Waals surface area (Å²) in [5.74, 6) is -0.361. The second-order valence-corrected chi connectivity index (χ2v) is 7.36. The first kappa shape index (κ1) is 21.3. The van der Waals surface area contributed by atoms with Gasteiger partial charge in [0.1, 0.15) is 6.61 Å². The molecule has 2 amide bonds. The Bertz CT molecular complexity index is 1020. The van der Waals surface area contributed by atoms with E-state index in [9.17, 15) is 9.59 Å². The lowest BCUT2D eigenvalue weighted by Crippen LogP contribution is -2.17. The smallest absolute Gasteiger partial charge is 0.259 e. The third-order valence-corrected chi connectivity index (χ3v) is 4.58. The minimum atomic E-state index is -0.237. The van der Waals surface area contributed by atoms with Gasteiger partial charge in [-0.3, -0.25) is 9.59 Å². The molecule has 0 aliphatic carbocycles. The van der Waals surface area contributed by atoms with E-state index >= 15 is 0 Å². The van der Waals surface area contributed by atoms with Crippen molar-refractivity contribution >= 4 is 23.2 Å². The van der Waals surface area contributed by atoms with Crippen molar-refractivity contribution in [2.24, 2.45) is 0 Å². The molecule has 2 aromatic carbocycles. The summed E-state index contributed by atoms with van der Waals surface area (Å²) in [6.07, 6.45) is 1.60. The lowest BCUT2D eigenvalue weighted by Gasteiger charge is -2.13. The highest BCUT2D eigenvalue weighted by atomic mass is 16.5. The molecule has 156 valence electrons. The van der Waals surface area contributed by atoms with Crippen molar-refractivity contribution in [2.45, 2.75) is 26.7 Å². The number of aromatic nitrogens is 2. The maximum absolute atomic E-state index is 12.9. The van der Waals surface area contributed by atoms with Crippen LogP contribution in [0.15, 0.2) is 54.7 Å². The van der Waals surface area contributed by atoms with E-state index in [2.05, 4.69) is 15.7 Å². The summed E-state index contributed by atoms with van der Waals surface area (Å²) < 4.78 is 6.61. The first-order valence-electron chi connectivity index (χ1n) is 9.74. The zero-order chi connectivity index (χ0) is 21.7. The first-order chi connectivity index (χ1) is 14.4. The normalized spacial score (nSPS) is 10.8. The van der Waals surface area contributed by atoms with E-state index in [1.807, 2.05) is 49.7 Å². The number of aryl methyl sites for hydroxylation is 1. The van der Waals surface area contributed by atoms with Crippen LogP contribution in [0.1, 0.15) is 41.4 Å². The quantitative estimate of drug-likeness (QED) is 0.617. The number of rotatable bonds is 7. The molecule has 0 saturated carbocycles. The van der Waals surface area contributed by atoms with Gasteiger partial charge in [0.2, 0.25) is 5.91 Å². The highest BCUT2D eigenvalue weighted by Gasteiger charge is 2.21. The topological polar surface area (TPSA) is 85.2 Å². The number of nitrogens with one attached hydrogen (secondary N) is 2. The van der Waals surface area contributed by atoms with Gasteiger partial charge in [-0.05, 0) is 49.2 Å². The lowest BCUT2D eigenvalue weighted by atomic mass is 10.0. The number of nitrogens with zero attached hydrogens (tertiary/aromatic N) is 2. The maximum atomic E-state index is 12.9. The molecule has 0 aliphatic heterocycles. The molecule has 0 saturated heterocycles. The summed E-state index contributed by atoms with van der Waals surface area (Å²) in [7, 11) is 1.46. The second kappa shape index (κ2) is 9.37. The molecule has 30 heavy (non-hydrogen) atoms. The van der Waals surface area contributed by atoms with Crippen LogP contribution in [-0.2, 0) is 9.53 Å². The predicted molar refractivity (Wildman–Crippen MR) is 117 cm³/mol. The Morgan fingerprint density at radius 2 is 1.60 bits per heavy atom. The van der Waals surface area contributed by atoms with E-state index < -0.39 is 0 Å². The lowest BCUT2D eigenvalue weighted by molar-refractivity contribution is -0.119. The van der Waals surface area contributed by atoms with Gasteiger partial charge in [0.15, 0.2) is 0 Å². The van der Waals surface area contributed by atoms with Gasteiger partial charge in [0.25, 0.3) is 5.91 Å². The predicted octanol–water partition coefficient (Wildman–Crippen LogP) is 4.14. The number of amides is 2. The molecule has 0 atom stereocenters. The number of hydrogen-bond donors (Lipinski definition) is 2. The second-order valence-electron chi connectivity index (χ2n) is 7.36. The van der Waals surface area contributed by atoms with Gasteiger partial charge in [0.05, 0.1) is 23.1 Å². The molecule has 3 aromatic rings. The minimum absolute atomic E-state index is 0.0125. The molecule has 7 heteroatoms. The number of carbonyl (C=O) groups is 2. The molecule has 0 spiro atoms. The fourth-order valence-electron chi connectivity index (χ4n) is 3.14. The Balaban J connectivity index is 1.78. The van der Waals surface area contributed by atoms with Gasteiger partial charge in [-0.25, -0.2) is 4.68 Å². The number of benzene rings is 2. The monoisotopic (exact) mass is 406 g/mol. The summed E-state index contributed by atoms with van der Waals surface area (Å²) in [6.45, 7) is 6.09. The van der Waals surface area contributed by atoms with Crippen molar-refractivity contribution in [1.82, 2.24) is 9.78 Å². The van der Waals surface area contributed by atoms with Crippen LogP contribution in [0.25, 0.3) is 5.69 Å². The summed E-state index contributed by atoms with van der Waals surface area (Å²) >= 11 is 0. The van der Waals surface area contributed by atoms with Crippen molar-refractivity contribution in [3.05, 3.63) is 71.5 Å². The van der Waals surface area contributed by atoms with Gasteiger partial charge < -0.3 is 15.4 Å². The van der Waals surface area contributed by atoms with Crippen LogP contribution < -0.4 is 10.6 Å². The van der Waals surface area contributed by atoms with E-state index in [4.69, 9.17) is 4.74 Å². The standard InChI is InChI=1S/C23H26N4O3/c1-15(2)22-20(13-24-27(22)19-11-5-16(3)6-12-19)23(29)26-18-9-7-17(8-10-18)25-21(28)14-30-4/h5-13,15H,14H2,1-4H3,(H,25,28)(H,26,29). The van der Waals surface area contributed by atoms with Gasteiger partial charge >= 0.3 is 0 Å². The number of hydrogen-bond acceptors (Lipinski definition) is 4. The SMILES string of the molecule is COCC(=O)Nc1ccc(NC(=O)c2cnn(-c3ccc(C)cc3)c2C(C)C)cc1. The molecule has 0 unspecified atom stereocenters. The average Bonchev–Trinajstić information content (AvgIpc) is 3.16. The van der Waals surface area contributed by atoms with Gasteiger partial charge in [-0.15, -0.1) is 0 Å². The van der Waals surface area contributed by atoms with Crippen LogP contribution in [0.5, 0.6) is 0 Å². The Kier molecular flexibility index (Phi) is 6.64. The maximum Gasteiger partial charge on any atom is 0.259 e. The summed E-state index contributed by atoms with van der Waals surface area (Å²) in [6, 6.07) is 14.9. The van der Waals surface area contributed by atoms with Crippen molar-refractivity contribution in [2.75, 3.05) is 24.4 Å². The van der Waals surface area contributed by atoms with Crippen LogP contribution in [0.4, 0.5) is 11.4 Å². The fraction of sp³-hybridized carbons (Fsp3) is 0.261. The number of anilines is 2. The van der Waals surface area contributed by atoms with Crippen LogP contribution >= 0.6 is 0 Å². The number of methoxy groups -OCH3 is 1. The van der Waals surface area contributed by atoms with Crippen LogP contribution in [0.2, 0.25) is 0 Å². The highest BCUT2D eigenvalue weighted by molar-refractivity contribution is 6.05. The summed E-state index contributed by atoms with van der Waals surface area (Å²) in [5, 5.41) is 10.1. The van der Waals surface area contributed by atoms with E-state index in [1.54, 1.807) is 30.5 Å². The molecule has 1 heterocycles. The van der Waals surface area contributed by atoms with Gasteiger partial charge in [-0.2, -0.15) is 5.10 Å². The van der Waals surface area contributed by atoms with Crippen LogP contribution in [0.3, 0.4) is 0 Å². The van der Waals surface area contributed by atoms with E-state index in [1.165, 1.54) is 7.11 Å². The molecular formula is C23H26N4O3. The molecule has 1 aromatic heterocycles. The van der Waals surface area contributed by atoms with Crippen molar-refractivity contribution in [3.63, 3.8) is 0 Å². The Morgan fingerprint density at radius 3 is 2.17 bits per heavy atom. The molecule has 3 rings (SSSR count). The molecule has 0 bridgehead atoms.